The van der Waals surface area contributed by atoms with Gasteiger partial charge in [-0.05, 0) is 37.8 Å². The number of hydrogen-bond donors (Lipinski definition) is 1. The van der Waals surface area contributed by atoms with E-state index >= 15 is 0 Å². The quantitative estimate of drug-likeness (QED) is 0.692. The van der Waals surface area contributed by atoms with Crippen molar-refractivity contribution in [3.05, 3.63) is 35.4 Å². The number of anilines is 1. The Morgan fingerprint density at radius 3 is 3.00 bits per heavy atom. The van der Waals surface area contributed by atoms with Crippen LogP contribution in [0.3, 0.4) is 0 Å². The van der Waals surface area contributed by atoms with E-state index in [1.807, 2.05) is 11.8 Å². The summed E-state index contributed by atoms with van der Waals surface area (Å²) < 4.78 is 3.28. The van der Waals surface area contributed by atoms with Crippen molar-refractivity contribution < 1.29 is 0 Å². The largest absolute Gasteiger partial charge is 0.395 e. The highest BCUT2D eigenvalue weighted by Gasteiger charge is 2.18. The van der Waals surface area contributed by atoms with Gasteiger partial charge in [-0.2, -0.15) is 0 Å². The van der Waals surface area contributed by atoms with E-state index in [2.05, 4.69) is 26.7 Å². The van der Waals surface area contributed by atoms with E-state index < -0.39 is 0 Å². The van der Waals surface area contributed by atoms with Crippen LogP contribution in [-0.2, 0) is 12.8 Å². The summed E-state index contributed by atoms with van der Waals surface area (Å²) in [6.07, 6.45) is 6.55. The Hall–Kier alpha value is -1.88. The van der Waals surface area contributed by atoms with Gasteiger partial charge in [-0.1, -0.05) is 0 Å². The fourth-order valence-electron chi connectivity index (χ4n) is 2.83. The van der Waals surface area contributed by atoms with Crippen LogP contribution in [0.1, 0.15) is 24.2 Å². The van der Waals surface area contributed by atoms with Crippen molar-refractivity contribution >= 4 is 27.2 Å². The molecule has 2 N–H and O–H groups in total. The second-order valence-corrected chi connectivity index (χ2v) is 5.80. The fraction of sp³-hybridized carbons (Fsp3) is 0.286. The van der Waals surface area contributed by atoms with Crippen molar-refractivity contribution in [3.63, 3.8) is 0 Å². The topological polar surface area (TPSA) is 56.7 Å². The van der Waals surface area contributed by atoms with Gasteiger partial charge in [-0.3, -0.25) is 0 Å². The monoisotopic (exact) mass is 270 g/mol. The Morgan fingerprint density at radius 1 is 1.16 bits per heavy atom. The number of nitrogen functional groups attached to an aromatic ring is 1. The third-order valence-corrected chi connectivity index (χ3v) is 4.60. The number of nitrogens with two attached hydrogens (primary N) is 1. The molecule has 0 amide bonds. The van der Waals surface area contributed by atoms with Gasteiger partial charge in [0.1, 0.15) is 5.52 Å². The van der Waals surface area contributed by atoms with Crippen molar-refractivity contribution in [1.29, 1.82) is 0 Å². The van der Waals surface area contributed by atoms with Gasteiger partial charge in [-0.25, -0.2) is 9.97 Å². The van der Waals surface area contributed by atoms with Crippen LogP contribution in [-0.4, -0.2) is 14.5 Å². The molecule has 1 aliphatic rings. The van der Waals surface area contributed by atoms with Crippen molar-refractivity contribution in [2.75, 3.05) is 5.73 Å². The first-order chi connectivity index (χ1) is 9.34. The lowest BCUT2D eigenvalue weighted by Crippen LogP contribution is -2.08. The molecule has 0 saturated carbocycles. The molecule has 1 aromatic carbocycles. The second kappa shape index (κ2) is 4.06. The lowest BCUT2D eigenvalue weighted by Gasteiger charge is -2.15. The normalized spacial score (nSPS) is 14.7. The molecule has 96 valence electrons. The van der Waals surface area contributed by atoms with Crippen LogP contribution in [0.4, 0.5) is 5.69 Å². The summed E-state index contributed by atoms with van der Waals surface area (Å²) in [7, 11) is 0. The molecule has 2 heterocycles. The molecule has 0 fully saturated rings. The number of benzene rings is 1. The minimum Gasteiger partial charge on any atom is -0.395 e. The molecule has 0 radical (unpaired) electrons. The van der Waals surface area contributed by atoms with Gasteiger partial charge in [0.05, 0.1) is 33.6 Å². The Kier molecular flexibility index (Phi) is 2.35. The molecule has 19 heavy (non-hydrogen) atoms. The van der Waals surface area contributed by atoms with Gasteiger partial charge in [-0.15, -0.1) is 11.3 Å². The number of rotatable bonds is 1. The molecule has 4 rings (SSSR count). The van der Waals surface area contributed by atoms with E-state index in [4.69, 9.17) is 5.73 Å². The standard InChI is InChI=1S/C14H14N4S/c15-13-11(5-6-12-14(13)17-8-19-12)18-7-16-9-3-1-2-4-10(9)18/h5-8H,1-4,15H2. The van der Waals surface area contributed by atoms with Gasteiger partial charge >= 0.3 is 0 Å². The van der Waals surface area contributed by atoms with E-state index in [0.29, 0.717) is 0 Å². The molecule has 0 bridgehead atoms. The van der Waals surface area contributed by atoms with E-state index in [1.165, 1.54) is 24.2 Å². The number of aromatic nitrogens is 3. The number of fused-ring (bicyclic) bond motifs is 2. The first-order valence-electron chi connectivity index (χ1n) is 6.52. The molecule has 3 aromatic rings. The SMILES string of the molecule is Nc1c(-n2cnc3c2CCCC3)ccc2scnc12. The average Bonchev–Trinajstić information content (AvgIpc) is 3.06. The Balaban J connectivity index is 1.94. The number of nitrogens with zero attached hydrogens (tertiary/aromatic N) is 3. The van der Waals surface area contributed by atoms with Crippen LogP contribution in [0.25, 0.3) is 15.9 Å². The number of imidazole rings is 1. The molecule has 4 nitrogen and oxygen atoms in total. The van der Waals surface area contributed by atoms with Crippen LogP contribution in [0.2, 0.25) is 0 Å². The molecule has 2 aromatic heterocycles. The predicted molar refractivity (Wildman–Crippen MR) is 77.8 cm³/mol. The minimum atomic E-state index is 0.754. The van der Waals surface area contributed by atoms with Gasteiger partial charge in [0.25, 0.3) is 0 Å². The molecule has 0 saturated heterocycles. The lowest BCUT2D eigenvalue weighted by molar-refractivity contribution is 0.656. The number of aryl methyl sites for hydroxylation is 1. The Morgan fingerprint density at radius 2 is 2.05 bits per heavy atom. The molecule has 0 unspecified atom stereocenters. The average molecular weight is 270 g/mol. The Labute approximate surface area is 114 Å². The molecule has 0 aliphatic heterocycles. The van der Waals surface area contributed by atoms with E-state index in [0.717, 1.165) is 34.4 Å². The highest BCUT2D eigenvalue weighted by atomic mass is 32.1. The van der Waals surface area contributed by atoms with E-state index in [1.54, 1.807) is 11.3 Å². The molecular weight excluding hydrogens is 256 g/mol. The van der Waals surface area contributed by atoms with Crippen molar-refractivity contribution in [2.24, 2.45) is 0 Å². The first-order valence-corrected chi connectivity index (χ1v) is 7.39. The highest BCUT2D eigenvalue weighted by molar-refractivity contribution is 7.16. The maximum atomic E-state index is 6.28. The zero-order valence-electron chi connectivity index (χ0n) is 10.5. The summed E-state index contributed by atoms with van der Waals surface area (Å²) in [5, 5.41) is 0. The third-order valence-electron chi connectivity index (χ3n) is 3.81. The van der Waals surface area contributed by atoms with Crippen LogP contribution in [0.15, 0.2) is 24.0 Å². The number of hydrogen-bond acceptors (Lipinski definition) is 4. The first kappa shape index (κ1) is 11.0. The summed E-state index contributed by atoms with van der Waals surface area (Å²) in [5.41, 5.74) is 13.3. The summed E-state index contributed by atoms with van der Waals surface area (Å²) in [4.78, 5) is 8.89. The minimum absolute atomic E-state index is 0.754. The fourth-order valence-corrected chi connectivity index (χ4v) is 3.52. The maximum absolute atomic E-state index is 6.28. The predicted octanol–water partition coefficient (Wildman–Crippen LogP) is 2.94. The lowest BCUT2D eigenvalue weighted by atomic mass is 10.0. The van der Waals surface area contributed by atoms with Gasteiger partial charge in [0, 0.05) is 5.69 Å². The van der Waals surface area contributed by atoms with Crippen molar-refractivity contribution in [3.8, 4) is 5.69 Å². The van der Waals surface area contributed by atoms with Gasteiger partial charge in [0.15, 0.2) is 0 Å². The number of thiazole rings is 1. The third kappa shape index (κ3) is 1.58. The summed E-state index contributed by atoms with van der Waals surface area (Å²) in [6.45, 7) is 0. The van der Waals surface area contributed by atoms with Crippen molar-refractivity contribution in [2.45, 2.75) is 25.7 Å². The molecule has 0 atom stereocenters. The maximum Gasteiger partial charge on any atom is 0.106 e. The zero-order valence-corrected chi connectivity index (χ0v) is 11.3. The van der Waals surface area contributed by atoms with Crippen molar-refractivity contribution in [1.82, 2.24) is 14.5 Å². The van der Waals surface area contributed by atoms with Crippen LogP contribution >= 0.6 is 11.3 Å². The molecule has 1 aliphatic carbocycles. The summed E-state index contributed by atoms with van der Waals surface area (Å²) in [6, 6.07) is 4.17. The zero-order chi connectivity index (χ0) is 12.8. The summed E-state index contributed by atoms with van der Waals surface area (Å²) in [5.74, 6) is 0. The van der Waals surface area contributed by atoms with E-state index in [-0.39, 0.29) is 0 Å². The molecular formula is C14H14N4S. The molecule has 0 spiro atoms. The van der Waals surface area contributed by atoms with Gasteiger partial charge in [0.2, 0.25) is 0 Å². The summed E-state index contributed by atoms with van der Waals surface area (Å²) >= 11 is 1.62. The van der Waals surface area contributed by atoms with Crippen LogP contribution < -0.4 is 5.73 Å². The second-order valence-electron chi connectivity index (χ2n) is 4.91. The molecule has 5 heteroatoms. The van der Waals surface area contributed by atoms with E-state index in [9.17, 15) is 0 Å². The van der Waals surface area contributed by atoms with Crippen LogP contribution in [0.5, 0.6) is 0 Å². The highest BCUT2D eigenvalue weighted by Crippen LogP contribution is 2.31. The Bertz CT molecular complexity index is 756. The van der Waals surface area contributed by atoms with Crippen LogP contribution in [0, 0.1) is 0 Å². The van der Waals surface area contributed by atoms with Gasteiger partial charge < -0.3 is 10.3 Å². The smallest absolute Gasteiger partial charge is 0.106 e.